The molecule has 4 aromatic rings. The first-order valence-electron chi connectivity index (χ1n) is 15.4. The number of fused-ring (bicyclic) bond motifs is 1. The van der Waals surface area contributed by atoms with E-state index in [-0.39, 0.29) is 30.5 Å². The molecule has 1 aliphatic rings. The van der Waals surface area contributed by atoms with Crippen molar-refractivity contribution in [2.24, 2.45) is 0 Å². The van der Waals surface area contributed by atoms with Crippen LogP contribution in [-0.4, -0.2) is 80.8 Å². The highest BCUT2D eigenvalue weighted by Gasteiger charge is 2.23. The van der Waals surface area contributed by atoms with E-state index in [0.717, 1.165) is 13.0 Å². The molecule has 4 heterocycles. The number of H-pyrrole nitrogens is 1. The molecule has 5 rings (SSSR count). The quantitative estimate of drug-likeness (QED) is 0.201. The van der Waals surface area contributed by atoms with Crippen molar-refractivity contribution in [1.82, 2.24) is 29.0 Å². The zero-order valence-electron chi connectivity index (χ0n) is 25.7. The van der Waals surface area contributed by atoms with E-state index in [4.69, 9.17) is 9.47 Å². The summed E-state index contributed by atoms with van der Waals surface area (Å²) >= 11 is 0. The van der Waals surface area contributed by atoms with E-state index in [2.05, 4.69) is 15.0 Å². The maximum absolute atomic E-state index is 13.4. The van der Waals surface area contributed by atoms with Crippen LogP contribution in [0.1, 0.15) is 39.0 Å². The normalized spacial score (nSPS) is 13.1. The number of imidazole rings is 1. The van der Waals surface area contributed by atoms with Gasteiger partial charge in [-0.3, -0.25) is 28.4 Å². The van der Waals surface area contributed by atoms with Gasteiger partial charge in [0.25, 0.3) is 11.5 Å². The number of hydrogen-bond donors (Lipinski definition) is 1. The molecular weight excluding hydrogens is 578 g/mol. The van der Waals surface area contributed by atoms with Gasteiger partial charge in [0.1, 0.15) is 22.9 Å². The van der Waals surface area contributed by atoms with Gasteiger partial charge in [-0.1, -0.05) is 25.1 Å². The van der Waals surface area contributed by atoms with Gasteiger partial charge in [0.2, 0.25) is 5.91 Å². The number of rotatable bonds is 15. The third-order valence-corrected chi connectivity index (χ3v) is 7.72. The van der Waals surface area contributed by atoms with Crippen LogP contribution >= 0.6 is 0 Å². The number of benzene rings is 1. The van der Waals surface area contributed by atoms with Gasteiger partial charge in [-0.2, -0.15) is 0 Å². The number of methoxy groups -OCH3 is 1. The zero-order chi connectivity index (χ0) is 31.8. The molecule has 238 valence electrons. The lowest BCUT2D eigenvalue weighted by molar-refractivity contribution is -0.127. The Morgan fingerprint density at radius 3 is 2.53 bits per heavy atom. The molecule has 0 spiro atoms. The molecule has 0 saturated carbocycles. The number of nitrogens with one attached hydrogen (secondary N) is 1. The lowest BCUT2D eigenvalue weighted by atomic mass is 10.2. The number of aryl methyl sites for hydroxylation is 1. The molecular formula is C32H39N7O6. The molecule has 1 N–H and O–H groups in total. The predicted octanol–water partition coefficient (Wildman–Crippen LogP) is 2.82. The van der Waals surface area contributed by atoms with E-state index in [1.54, 1.807) is 42.5 Å². The van der Waals surface area contributed by atoms with Gasteiger partial charge in [0.05, 0.1) is 0 Å². The van der Waals surface area contributed by atoms with Crippen LogP contribution in [0.3, 0.4) is 0 Å². The van der Waals surface area contributed by atoms with Crippen molar-refractivity contribution in [2.45, 2.75) is 52.1 Å². The van der Waals surface area contributed by atoms with E-state index in [1.807, 2.05) is 30.0 Å². The van der Waals surface area contributed by atoms with E-state index in [9.17, 15) is 19.2 Å². The van der Waals surface area contributed by atoms with E-state index < -0.39 is 11.2 Å². The summed E-state index contributed by atoms with van der Waals surface area (Å²) in [5, 5.41) is 0. The van der Waals surface area contributed by atoms with Gasteiger partial charge in [0.15, 0.2) is 12.3 Å². The smallest absolute Gasteiger partial charge is 0.332 e. The maximum Gasteiger partial charge on any atom is 0.332 e. The van der Waals surface area contributed by atoms with E-state index in [1.165, 1.54) is 9.13 Å². The number of likely N-dealkylation sites (tertiary alicyclic amines) is 1. The van der Waals surface area contributed by atoms with Crippen LogP contribution in [0.25, 0.3) is 22.6 Å². The third-order valence-electron chi connectivity index (χ3n) is 7.72. The molecule has 2 amide bonds. The number of carbonyl (C=O) groups excluding carboxylic acids is 2. The second-order valence-electron chi connectivity index (χ2n) is 10.9. The lowest BCUT2D eigenvalue weighted by Gasteiger charge is -2.23. The molecule has 45 heavy (non-hydrogen) atoms. The summed E-state index contributed by atoms with van der Waals surface area (Å²) < 4.78 is 13.6. The molecule has 13 heteroatoms. The molecule has 0 atom stereocenters. The summed E-state index contributed by atoms with van der Waals surface area (Å²) in [6.07, 6.45) is 4.79. The summed E-state index contributed by atoms with van der Waals surface area (Å²) in [6, 6.07) is 12.6. The van der Waals surface area contributed by atoms with Gasteiger partial charge in [-0.25, -0.2) is 14.8 Å². The fourth-order valence-electron chi connectivity index (χ4n) is 5.45. The van der Waals surface area contributed by atoms with Crippen LogP contribution in [0.5, 0.6) is 5.75 Å². The maximum atomic E-state index is 13.4. The number of nitrogens with zero attached hydrogens (tertiary/aromatic N) is 6. The Balaban J connectivity index is 1.40. The number of para-hydroxylation sites is 1. The Morgan fingerprint density at radius 1 is 1.02 bits per heavy atom. The van der Waals surface area contributed by atoms with Crippen molar-refractivity contribution < 1.29 is 19.1 Å². The molecule has 1 aromatic carbocycles. The fraction of sp³-hybridized carbons (Fsp3) is 0.438. The van der Waals surface area contributed by atoms with Gasteiger partial charge in [-0.05, 0) is 49.9 Å². The summed E-state index contributed by atoms with van der Waals surface area (Å²) in [6.45, 7) is 4.50. The van der Waals surface area contributed by atoms with Crippen molar-refractivity contribution in [2.75, 3.05) is 44.9 Å². The van der Waals surface area contributed by atoms with Crippen LogP contribution in [0, 0.1) is 0 Å². The molecule has 1 fully saturated rings. The molecule has 0 radical (unpaired) electrons. The van der Waals surface area contributed by atoms with Crippen molar-refractivity contribution in [3.8, 4) is 17.1 Å². The second-order valence-corrected chi connectivity index (χ2v) is 10.9. The summed E-state index contributed by atoms with van der Waals surface area (Å²) in [7, 11) is 1.58. The van der Waals surface area contributed by atoms with Gasteiger partial charge < -0.3 is 19.4 Å². The van der Waals surface area contributed by atoms with Crippen molar-refractivity contribution in [3.05, 3.63) is 69.5 Å². The minimum absolute atomic E-state index is 0.139. The number of anilines is 1. The summed E-state index contributed by atoms with van der Waals surface area (Å²) in [5.74, 6) is 1.26. The Labute approximate surface area is 260 Å². The average molecular weight is 618 g/mol. The standard InChI is InChI=1S/C32H39N7O6/c1-3-15-38-30-28(31(42)39(32(38)43)19-9-20-44-2)34-29(35-30)23-13-14-25(33-21-23)37(18-8-17-36-16-7-12-26(36)40)27(41)22-45-24-10-5-4-6-11-24/h4-6,10-11,13-14,21H,3,7-9,12,15-20,22H2,1-2H3,(H,34,35). The lowest BCUT2D eigenvalue weighted by Crippen LogP contribution is -2.40. The second kappa shape index (κ2) is 14.8. The fourth-order valence-corrected chi connectivity index (χ4v) is 5.45. The van der Waals surface area contributed by atoms with Gasteiger partial charge >= 0.3 is 5.69 Å². The highest BCUT2D eigenvalue weighted by molar-refractivity contribution is 5.93. The minimum atomic E-state index is -0.437. The highest BCUT2D eigenvalue weighted by atomic mass is 16.5. The number of aromatic nitrogens is 5. The third kappa shape index (κ3) is 7.31. The number of hydrogen-bond acceptors (Lipinski definition) is 8. The van der Waals surface area contributed by atoms with E-state index in [0.29, 0.717) is 80.5 Å². The molecule has 1 saturated heterocycles. The molecule has 0 aliphatic carbocycles. The molecule has 0 bridgehead atoms. The monoisotopic (exact) mass is 617 g/mol. The van der Waals surface area contributed by atoms with Crippen LogP contribution in [0.15, 0.2) is 58.3 Å². The van der Waals surface area contributed by atoms with Gasteiger partial charge in [0, 0.05) is 64.6 Å². The molecule has 3 aromatic heterocycles. The number of aromatic amines is 1. The van der Waals surface area contributed by atoms with Crippen LogP contribution in [0.2, 0.25) is 0 Å². The van der Waals surface area contributed by atoms with Crippen LogP contribution in [0.4, 0.5) is 5.82 Å². The SMILES string of the molecule is CCCn1c(=O)n(CCCOC)c(=O)c2[nH]c(-c3ccc(N(CCCN4CCCC4=O)C(=O)COc4ccccc4)nc3)nc21. The summed E-state index contributed by atoms with van der Waals surface area (Å²) in [5.41, 5.74) is 0.283. The Hall–Kier alpha value is -4.78. The van der Waals surface area contributed by atoms with Crippen LogP contribution < -0.4 is 20.9 Å². The van der Waals surface area contributed by atoms with Crippen molar-refractivity contribution in [1.29, 1.82) is 0 Å². The topological polar surface area (TPSA) is 145 Å². The zero-order valence-corrected chi connectivity index (χ0v) is 25.7. The Morgan fingerprint density at radius 2 is 1.84 bits per heavy atom. The first-order valence-corrected chi connectivity index (χ1v) is 15.4. The molecule has 1 aliphatic heterocycles. The van der Waals surface area contributed by atoms with Gasteiger partial charge in [-0.15, -0.1) is 0 Å². The average Bonchev–Trinajstić information content (AvgIpc) is 3.69. The van der Waals surface area contributed by atoms with Crippen molar-refractivity contribution in [3.63, 3.8) is 0 Å². The Kier molecular flexibility index (Phi) is 10.4. The van der Waals surface area contributed by atoms with Crippen LogP contribution in [-0.2, 0) is 27.4 Å². The summed E-state index contributed by atoms with van der Waals surface area (Å²) in [4.78, 5) is 67.6. The Bertz CT molecular complexity index is 1730. The highest BCUT2D eigenvalue weighted by Crippen LogP contribution is 2.22. The first-order chi connectivity index (χ1) is 21.9. The van der Waals surface area contributed by atoms with Crippen molar-refractivity contribution >= 4 is 28.8 Å². The number of amides is 2. The first kappa shape index (κ1) is 31.6. The largest absolute Gasteiger partial charge is 0.484 e. The molecule has 13 nitrogen and oxygen atoms in total. The molecule has 0 unspecified atom stereocenters. The minimum Gasteiger partial charge on any atom is -0.484 e. The predicted molar refractivity (Wildman–Crippen MR) is 169 cm³/mol. The number of carbonyl (C=O) groups is 2. The number of ether oxygens (including phenoxy) is 2. The van der Waals surface area contributed by atoms with E-state index >= 15 is 0 Å². The number of pyridine rings is 1.